The average molecular weight is 503 g/mol. The van der Waals surface area contributed by atoms with Gasteiger partial charge in [-0.15, -0.1) is 24.0 Å². The molecule has 3 heterocycles. The number of aromatic nitrogens is 1. The molecule has 0 aromatic carbocycles. The first kappa shape index (κ1) is 23.1. The molecule has 28 heavy (non-hydrogen) atoms. The van der Waals surface area contributed by atoms with E-state index in [0.29, 0.717) is 6.54 Å². The Morgan fingerprint density at radius 3 is 2.61 bits per heavy atom. The van der Waals surface area contributed by atoms with Crippen molar-refractivity contribution in [3.63, 3.8) is 0 Å². The molecule has 0 bridgehead atoms. The van der Waals surface area contributed by atoms with Crippen LogP contribution in [-0.2, 0) is 11.3 Å². The summed E-state index contributed by atoms with van der Waals surface area (Å²) in [5, 5.41) is 6.84. The fraction of sp³-hybridized carbons (Fsp3) is 0.684. The van der Waals surface area contributed by atoms with Gasteiger partial charge in [-0.25, -0.2) is 4.98 Å². The normalized spacial score (nSPS) is 19.2. The molecule has 2 aliphatic heterocycles. The molecular weight excluding hydrogens is 469 g/mol. The first-order valence-corrected chi connectivity index (χ1v) is 9.88. The lowest BCUT2D eigenvalue weighted by atomic mass is 10.2. The van der Waals surface area contributed by atoms with Gasteiger partial charge >= 0.3 is 0 Å². The highest BCUT2D eigenvalue weighted by molar-refractivity contribution is 14.0. The Kier molecular flexibility index (Phi) is 10.2. The van der Waals surface area contributed by atoms with E-state index in [4.69, 9.17) is 4.74 Å². The Labute approximate surface area is 185 Å². The standard InChI is InChI=1S/C19H33N7O.HI/c1-20-19(22-6-7-25-12-14-27-15-13-25)23-16-17-4-3-5-21-18(17)26-10-8-24(2)9-11-26;/h3-5H,6-16H2,1-2H3,(H2,20,22,23);1H. The zero-order valence-electron chi connectivity index (χ0n) is 17.1. The Morgan fingerprint density at radius 2 is 1.89 bits per heavy atom. The summed E-state index contributed by atoms with van der Waals surface area (Å²) in [5.41, 5.74) is 1.21. The number of nitrogens with zero attached hydrogens (tertiary/aromatic N) is 5. The summed E-state index contributed by atoms with van der Waals surface area (Å²) in [4.78, 5) is 16.1. The van der Waals surface area contributed by atoms with E-state index in [9.17, 15) is 0 Å². The number of likely N-dealkylation sites (N-methyl/N-ethyl adjacent to an activating group) is 1. The van der Waals surface area contributed by atoms with Crippen LogP contribution in [0.3, 0.4) is 0 Å². The van der Waals surface area contributed by atoms with Crippen LogP contribution in [0.4, 0.5) is 5.82 Å². The van der Waals surface area contributed by atoms with Crippen LogP contribution in [-0.4, -0.2) is 100 Å². The minimum atomic E-state index is 0. The largest absolute Gasteiger partial charge is 0.379 e. The first-order chi connectivity index (χ1) is 13.3. The van der Waals surface area contributed by atoms with E-state index in [1.165, 1.54) is 5.56 Å². The van der Waals surface area contributed by atoms with Gasteiger partial charge in [0.1, 0.15) is 5.82 Å². The Hall–Kier alpha value is -1.17. The maximum Gasteiger partial charge on any atom is 0.191 e. The molecule has 1 aromatic heterocycles. The molecule has 8 nitrogen and oxygen atoms in total. The van der Waals surface area contributed by atoms with Crippen molar-refractivity contribution in [3.8, 4) is 0 Å². The van der Waals surface area contributed by atoms with E-state index in [-0.39, 0.29) is 24.0 Å². The smallest absolute Gasteiger partial charge is 0.191 e. The van der Waals surface area contributed by atoms with Crippen LogP contribution >= 0.6 is 24.0 Å². The van der Waals surface area contributed by atoms with Crippen LogP contribution < -0.4 is 15.5 Å². The molecule has 2 aliphatic rings. The molecule has 1 aromatic rings. The van der Waals surface area contributed by atoms with Gasteiger partial charge in [0.2, 0.25) is 0 Å². The lowest BCUT2D eigenvalue weighted by Gasteiger charge is -2.34. The SMILES string of the molecule is CN=C(NCCN1CCOCC1)NCc1cccnc1N1CCN(C)CC1.I. The third kappa shape index (κ3) is 7.02. The summed E-state index contributed by atoms with van der Waals surface area (Å²) >= 11 is 0. The van der Waals surface area contributed by atoms with E-state index < -0.39 is 0 Å². The number of rotatable bonds is 6. The third-order valence-electron chi connectivity index (χ3n) is 5.16. The minimum absolute atomic E-state index is 0. The molecule has 9 heteroatoms. The predicted octanol–water partition coefficient (Wildman–Crippen LogP) is 0.449. The lowest BCUT2D eigenvalue weighted by molar-refractivity contribution is 0.0389. The highest BCUT2D eigenvalue weighted by Gasteiger charge is 2.18. The van der Waals surface area contributed by atoms with Gasteiger partial charge in [0, 0.05) is 77.7 Å². The maximum absolute atomic E-state index is 5.39. The zero-order chi connectivity index (χ0) is 18.9. The van der Waals surface area contributed by atoms with Gasteiger partial charge in [0.05, 0.1) is 13.2 Å². The molecule has 0 radical (unpaired) electrons. The molecule has 2 fully saturated rings. The maximum atomic E-state index is 5.39. The number of anilines is 1. The third-order valence-corrected chi connectivity index (χ3v) is 5.16. The van der Waals surface area contributed by atoms with Crippen molar-refractivity contribution < 1.29 is 4.74 Å². The molecule has 2 saturated heterocycles. The van der Waals surface area contributed by atoms with Crippen LogP contribution in [0.15, 0.2) is 23.3 Å². The Bertz CT molecular complexity index is 602. The van der Waals surface area contributed by atoms with Gasteiger partial charge in [-0.1, -0.05) is 6.07 Å². The lowest BCUT2D eigenvalue weighted by Crippen LogP contribution is -2.46. The fourth-order valence-electron chi connectivity index (χ4n) is 3.43. The van der Waals surface area contributed by atoms with Gasteiger partial charge in [-0.3, -0.25) is 9.89 Å². The minimum Gasteiger partial charge on any atom is -0.379 e. The average Bonchev–Trinajstić information content (AvgIpc) is 2.72. The summed E-state index contributed by atoms with van der Waals surface area (Å²) < 4.78 is 5.39. The molecule has 0 saturated carbocycles. The summed E-state index contributed by atoms with van der Waals surface area (Å²) in [6, 6.07) is 4.15. The number of halogens is 1. The predicted molar refractivity (Wildman–Crippen MR) is 125 cm³/mol. The number of nitrogens with one attached hydrogen (secondary N) is 2. The van der Waals surface area contributed by atoms with Crippen LogP contribution in [0, 0.1) is 0 Å². The number of hydrogen-bond donors (Lipinski definition) is 2. The summed E-state index contributed by atoms with van der Waals surface area (Å²) in [6.07, 6.45) is 1.88. The molecule has 0 unspecified atom stereocenters. The van der Waals surface area contributed by atoms with Crippen molar-refractivity contribution in [1.29, 1.82) is 0 Å². The van der Waals surface area contributed by atoms with Crippen molar-refractivity contribution in [1.82, 2.24) is 25.4 Å². The topological polar surface area (TPSA) is 68.3 Å². The van der Waals surface area contributed by atoms with Crippen molar-refractivity contribution in [2.24, 2.45) is 4.99 Å². The molecule has 0 amide bonds. The number of ether oxygens (including phenoxy) is 1. The van der Waals surface area contributed by atoms with Crippen molar-refractivity contribution in [3.05, 3.63) is 23.9 Å². The van der Waals surface area contributed by atoms with Gasteiger partial charge in [-0.2, -0.15) is 0 Å². The van der Waals surface area contributed by atoms with E-state index in [0.717, 1.165) is 77.3 Å². The van der Waals surface area contributed by atoms with Gasteiger partial charge in [0.25, 0.3) is 0 Å². The quantitative estimate of drug-likeness (QED) is 0.332. The van der Waals surface area contributed by atoms with Gasteiger partial charge in [-0.05, 0) is 13.1 Å². The molecule has 3 rings (SSSR count). The van der Waals surface area contributed by atoms with Crippen LogP contribution in [0.25, 0.3) is 0 Å². The fourth-order valence-corrected chi connectivity index (χ4v) is 3.43. The van der Waals surface area contributed by atoms with Gasteiger partial charge in [0.15, 0.2) is 5.96 Å². The number of piperazine rings is 1. The number of pyridine rings is 1. The van der Waals surface area contributed by atoms with Crippen LogP contribution in [0.2, 0.25) is 0 Å². The molecule has 2 N–H and O–H groups in total. The Balaban J connectivity index is 0.00000280. The van der Waals surface area contributed by atoms with Crippen molar-refractivity contribution in [2.75, 3.05) is 84.6 Å². The van der Waals surface area contributed by atoms with Gasteiger partial charge < -0.3 is 25.2 Å². The summed E-state index contributed by atoms with van der Waals surface area (Å²) in [6.45, 7) is 10.5. The molecule has 0 atom stereocenters. The molecule has 0 aliphatic carbocycles. The van der Waals surface area contributed by atoms with E-state index in [2.05, 4.69) is 48.4 Å². The number of aliphatic imine (C=N–C) groups is 1. The van der Waals surface area contributed by atoms with E-state index in [1.54, 1.807) is 0 Å². The highest BCUT2D eigenvalue weighted by atomic mass is 127. The monoisotopic (exact) mass is 503 g/mol. The summed E-state index contributed by atoms with van der Waals surface area (Å²) in [7, 11) is 3.99. The number of hydrogen-bond acceptors (Lipinski definition) is 6. The summed E-state index contributed by atoms with van der Waals surface area (Å²) in [5.74, 6) is 1.92. The molecule has 0 spiro atoms. The highest BCUT2D eigenvalue weighted by Crippen LogP contribution is 2.18. The first-order valence-electron chi connectivity index (χ1n) is 9.88. The van der Waals surface area contributed by atoms with Crippen LogP contribution in [0.1, 0.15) is 5.56 Å². The zero-order valence-corrected chi connectivity index (χ0v) is 19.4. The number of guanidine groups is 1. The number of morpholine rings is 1. The molecular formula is C19H34IN7O. The van der Waals surface area contributed by atoms with Crippen molar-refractivity contribution in [2.45, 2.75) is 6.54 Å². The van der Waals surface area contributed by atoms with Crippen molar-refractivity contribution >= 4 is 35.8 Å². The second kappa shape index (κ2) is 12.4. The van der Waals surface area contributed by atoms with Crippen LogP contribution in [0.5, 0.6) is 0 Å². The Morgan fingerprint density at radius 1 is 1.14 bits per heavy atom. The van der Waals surface area contributed by atoms with E-state index >= 15 is 0 Å². The second-order valence-corrected chi connectivity index (χ2v) is 7.08. The molecule has 158 valence electrons. The van der Waals surface area contributed by atoms with E-state index in [1.807, 2.05) is 19.3 Å². The second-order valence-electron chi connectivity index (χ2n) is 7.08.